The SMILES string of the molecule is O=C(N[C@H]1CCCN(c2cccnc2)C1=O)c1cc2ccccn2c1. The summed E-state index contributed by atoms with van der Waals surface area (Å²) in [6.07, 6.45) is 8.49. The van der Waals surface area contributed by atoms with Crippen molar-refractivity contribution in [3.05, 3.63) is 66.7 Å². The van der Waals surface area contributed by atoms with E-state index in [1.807, 2.05) is 40.9 Å². The molecular formula is C19H18N4O2. The zero-order valence-electron chi connectivity index (χ0n) is 13.6. The summed E-state index contributed by atoms with van der Waals surface area (Å²) < 4.78 is 1.89. The van der Waals surface area contributed by atoms with Gasteiger partial charge in [0, 0.05) is 30.7 Å². The van der Waals surface area contributed by atoms with Crippen LogP contribution < -0.4 is 10.2 Å². The van der Waals surface area contributed by atoms with Crippen LogP contribution in [0.5, 0.6) is 0 Å². The molecule has 3 aromatic rings. The summed E-state index contributed by atoms with van der Waals surface area (Å²) in [4.78, 5) is 31.1. The van der Waals surface area contributed by atoms with E-state index >= 15 is 0 Å². The summed E-state index contributed by atoms with van der Waals surface area (Å²) >= 11 is 0. The van der Waals surface area contributed by atoms with Crippen LogP contribution in [0.2, 0.25) is 0 Å². The third-order valence-corrected chi connectivity index (χ3v) is 4.47. The molecule has 1 saturated heterocycles. The predicted molar refractivity (Wildman–Crippen MR) is 94.5 cm³/mol. The second kappa shape index (κ2) is 6.39. The Bertz CT molecular complexity index is 886. The zero-order valence-corrected chi connectivity index (χ0v) is 13.6. The van der Waals surface area contributed by atoms with Gasteiger partial charge in [0.05, 0.1) is 17.4 Å². The fraction of sp³-hybridized carbons (Fsp3) is 0.211. The molecule has 1 aliphatic rings. The Morgan fingerprint density at radius 2 is 2.16 bits per heavy atom. The summed E-state index contributed by atoms with van der Waals surface area (Å²) in [5.41, 5.74) is 2.26. The van der Waals surface area contributed by atoms with Crippen LogP contribution >= 0.6 is 0 Å². The third-order valence-electron chi connectivity index (χ3n) is 4.47. The largest absolute Gasteiger partial charge is 0.340 e. The number of fused-ring (bicyclic) bond motifs is 1. The first-order valence-corrected chi connectivity index (χ1v) is 8.31. The molecule has 0 saturated carbocycles. The average molecular weight is 334 g/mol. The maximum atomic E-state index is 12.7. The molecule has 4 heterocycles. The molecule has 1 fully saturated rings. The maximum Gasteiger partial charge on any atom is 0.253 e. The average Bonchev–Trinajstić information content (AvgIpc) is 3.08. The summed E-state index contributed by atoms with van der Waals surface area (Å²) in [6.45, 7) is 0.646. The molecule has 1 atom stereocenters. The molecule has 25 heavy (non-hydrogen) atoms. The van der Waals surface area contributed by atoms with Crippen molar-refractivity contribution in [3.8, 4) is 0 Å². The molecule has 1 aliphatic heterocycles. The Morgan fingerprint density at radius 1 is 1.24 bits per heavy atom. The minimum absolute atomic E-state index is 0.0867. The molecule has 0 bridgehead atoms. The summed E-state index contributed by atoms with van der Waals surface area (Å²) in [7, 11) is 0. The van der Waals surface area contributed by atoms with E-state index in [0.29, 0.717) is 18.5 Å². The van der Waals surface area contributed by atoms with Crippen LogP contribution in [0.25, 0.3) is 5.52 Å². The van der Waals surface area contributed by atoms with Crippen LogP contribution in [0.15, 0.2) is 61.2 Å². The number of nitrogens with one attached hydrogen (secondary N) is 1. The van der Waals surface area contributed by atoms with Gasteiger partial charge in [0.25, 0.3) is 5.91 Å². The smallest absolute Gasteiger partial charge is 0.253 e. The van der Waals surface area contributed by atoms with E-state index < -0.39 is 6.04 Å². The number of pyridine rings is 2. The topological polar surface area (TPSA) is 66.7 Å². The van der Waals surface area contributed by atoms with E-state index in [1.54, 1.807) is 29.6 Å². The van der Waals surface area contributed by atoms with Crippen LogP contribution in [-0.4, -0.2) is 33.8 Å². The minimum Gasteiger partial charge on any atom is -0.340 e. The van der Waals surface area contributed by atoms with Gasteiger partial charge in [-0.15, -0.1) is 0 Å². The molecule has 0 aromatic carbocycles. The molecule has 3 aromatic heterocycles. The lowest BCUT2D eigenvalue weighted by molar-refractivity contribution is -0.121. The van der Waals surface area contributed by atoms with Crippen molar-refractivity contribution in [1.82, 2.24) is 14.7 Å². The van der Waals surface area contributed by atoms with Crippen LogP contribution in [-0.2, 0) is 4.79 Å². The normalized spacial score (nSPS) is 17.7. The summed E-state index contributed by atoms with van der Waals surface area (Å²) in [5.74, 6) is -0.313. The van der Waals surface area contributed by atoms with Crippen LogP contribution in [0.1, 0.15) is 23.2 Å². The van der Waals surface area contributed by atoms with E-state index in [0.717, 1.165) is 17.6 Å². The molecule has 4 rings (SSSR count). The number of rotatable bonds is 3. The van der Waals surface area contributed by atoms with Gasteiger partial charge in [-0.05, 0) is 43.2 Å². The lowest BCUT2D eigenvalue weighted by atomic mass is 10.0. The van der Waals surface area contributed by atoms with Gasteiger partial charge < -0.3 is 14.6 Å². The van der Waals surface area contributed by atoms with Crippen molar-refractivity contribution in [2.45, 2.75) is 18.9 Å². The molecule has 6 nitrogen and oxygen atoms in total. The number of nitrogens with zero attached hydrogens (tertiary/aromatic N) is 3. The first kappa shape index (κ1) is 15.4. The number of anilines is 1. The number of aromatic nitrogens is 2. The van der Waals surface area contributed by atoms with Crippen LogP contribution in [0.4, 0.5) is 5.69 Å². The van der Waals surface area contributed by atoms with Gasteiger partial charge in [-0.1, -0.05) is 6.07 Å². The van der Waals surface area contributed by atoms with Gasteiger partial charge in [-0.3, -0.25) is 14.6 Å². The van der Waals surface area contributed by atoms with Crippen molar-refractivity contribution in [1.29, 1.82) is 0 Å². The van der Waals surface area contributed by atoms with Crippen LogP contribution in [0.3, 0.4) is 0 Å². The highest BCUT2D eigenvalue weighted by atomic mass is 16.2. The Labute approximate surface area is 145 Å². The standard InChI is InChI=1S/C19H18N4O2/c24-18(14-11-15-5-1-2-9-22(15)13-14)21-17-7-4-10-23(19(17)25)16-6-3-8-20-12-16/h1-3,5-6,8-9,11-13,17H,4,7,10H2,(H,21,24)/t17-/m0/s1. The van der Waals surface area contributed by atoms with Gasteiger partial charge in [-0.25, -0.2) is 0 Å². The van der Waals surface area contributed by atoms with Crippen molar-refractivity contribution in [2.24, 2.45) is 0 Å². The van der Waals surface area contributed by atoms with Crippen molar-refractivity contribution >= 4 is 23.0 Å². The van der Waals surface area contributed by atoms with Gasteiger partial charge in [-0.2, -0.15) is 0 Å². The molecule has 1 N–H and O–H groups in total. The Hall–Kier alpha value is -3.15. The highest BCUT2D eigenvalue weighted by Crippen LogP contribution is 2.20. The maximum absolute atomic E-state index is 12.7. The highest BCUT2D eigenvalue weighted by molar-refractivity contribution is 6.03. The van der Waals surface area contributed by atoms with E-state index in [1.165, 1.54) is 0 Å². The molecule has 6 heteroatoms. The first-order chi connectivity index (χ1) is 12.2. The van der Waals surface area contributed by atoms with Gasteiger partial charge >= 0.3 is 0 Å². The lowest BCUT2D eigenvalue weighted by Crippen LogP contribution is -2.52. The predicted octanol–water partition coefficient (Wildman–Crippen LogP) is 2.26. The number of piperidine rings is 1. The Kier molecular flexibility index (Phi) is 3.93. The number of amides is 2. The molecule has 0 unspecified atom stereocenters. The Balaban J connectivity index is 1.51. The lowest BCUT2D eigenvalue weighted by Gasteiger charge is -2.32. The van der Waals surface area contributed by atoms with Crippen molar-refractivity contribution in [2.75, 3.05) is 11.4 Å². The highest BCUT2D eigenvalue weighted by Gasteiger charge is 2.31. The van der Waals surface area contributed by atoms with Gasteiger partial charge in [0.2, 0.25) is 5.91 Å². The van der Waals surface area contributed by atoms with Crippen molar-refractivity contribution in [3.63, 3.8) is 0 Å². The fourth-order valence-electron chi connectivity index (χ4n) is 3.20. The Morgan fingerprint density at radius 3 is 2.96 bits per heavy atom. The molecule has 126 valence electrons. The second-order valence-corrected chi connectivity index (χ2v) is 6.13. The monoisotopic (exact) mass is 334 g/mol. The molecular weight excluding hydrogens is 316 g/mol. The zero-order chi connectivity index (χ0) is 17.2. The number of hydrogen-bond donors (Lipinski definition) is 1. The minimum atomic E-state index is -0.510. The summed E-state index contributed by atoms with van der Waals surface area (Å²) in [6, 6.07) is 10.7. The summed E-state index contributed by atoms with van der Waals surface area (Å²) in [5, 5.41) is 2.88. The first-order valence-electron chi connectivity index (χ1n) is 8.31. The van der Waals surface area contributed by atoms with Crippen LogP contribution in [0, 0.1) is 0 Å². The molecule has 2 amide bonds. The van der Waals surface area contributed by atoms with Crippen molar-refractivity contribution < 1.29 is 9.59 Å². The molecule has 0 spiro atoms. The van der Waals surface area contributed by atoms with E-state index in [-0.39, 0.29) is 11.8 Å². The van der Waals surface area contributed by atoms with E-state index in [2.05, 4.69) is 10.3 Å². The number of hydrogen-bond acceptors (Lipinski definition) is 3. The fourth-order valence-corrected chi connectivity index (χ4v) is 3.20. The number of carbonyl (C=O) groups excluding carboxylic acids is 2. The quantitative estimate of drug-likeness (QED) is 0.799. The van der Waals surface area contributed by atoms with E-state index in [4.69, 9.17) is 0 Å². The van der Waals surface area contributed by atoms with Gasteiger partial charge in [0.15, 0.2) is 0 Å². The molecule has 0 aliphatic carbocycles. The van der Waals surface area contributed by atoms with E-state index in [9.17, 15) is 9.59 Å². The van der Waals surface area contributed by atoms with Gasteiger partial charge in [0.1, 0.15) is 6.04 Å². The number of carbonyl (C=O) groups is 2. The second-order valence-electron chi connectivity index (χ2n) is 6.13. The third kappa shape index (κ3) is 2.98. The molecule has 0 radical (unpaired) electrons.